The maximum atomic E-state index is 12.3. The first kappa shape index (κ1) is 13.1. The fourth-order valence-corrected chi connectivity index (χ4v) is 1.87. The predicted octanol–water partition coefficient (Wildman–Crippen LogP) is 3.02. The van der Waals surface area contributed by atoms with Crippen LogP contribution < -0.4 is 5.73 Å². The fraction of sp³-hybridized carbons (Fsp3) is 0.462. The Hall–Kier alpha value is -1.36. The summed E-state index contributed by atoms with van der Waals surface area (Å²) < 4.78 is 37.0. The van der Waals surface area contributed by atoms with Gasteiger partial charge in [-0.05, 0) is 30.9 Å². The molecule has 2 rings (SSSR count). The molecule has 1 aliphatic rings. The third-order valence-electron chi connectivity index (χ3n) is 3.18. The van der Waals surface area contributed by atoms with Crippen molar-refractivity contribution in [3.63, 3.8) is 0 Å². The molecule has 2 nitrogen and oxygen atoms in total. The van der Waals surface area contributed by atoms with Crippen molar-refractivity contribution < 1.29 is 18.0 Å². The molecule has 1 aromatic carbocycles. The summed E-state index contributed by atoms with van der Waals surface area (Å²) in [4.78, 5) is 11.8. The number of benzene rings is 1. The lowest BCUT2D eigenvalue weighted by Gasteiger charge is -2.10. The molecule has 0 spiro atoms. The first-order valence-corrected chi connectivity index (χ1v) is 5.84. The Morgan fingerprint density at radius 2 is 1.83 bits per heavy atom. The molecule has 98 valence electrons. The van der Waals surface area contributed by atoms with E-state index >= 15 is 0 Å². The average Bonchev–Trinajstić information content (AvgIpc) is 3.11. The second kappa shape index (κ2) is 4.72. The van der Waals surface area contributed by atoms with Crippen molar-refractivity contribution in [2.45, 2.75) is 31.5 Å². The number of halogens is 3. The van der Waals surface area contributed by atoms with Crippen molar-refractivity contribution in [2.24, 2.45) is 11.7 Å². The van der Waals surface area contributed by atoms with E-state index in [1.807, 2.05) is 0 Å². The minimum atomic E-state index is -4.37. The molecule has 1 aliphatic carbocycles. The van der Waals surface area contributed by atoms with Crippen LogP contribution in [0.1, 0.15) is 35.2 Å². The Morgan fingerprint density at radius 1 is 1.28 bits per heavy atom. The molecule has 0 radical (unpaired) electrons. The van der Waals surface area contributed by atoms with Crippen LogP contribution in [0.4, 0.5) is 13.2 Å². The van der Waals surface area contributed by atoms with Crippen LogP contribution in [0.15, 0.2) is 24.3 Å². The number of carbonyl (C=O) groups is 1. The van der Waals surface area contributed by atoms with Gasteiger partial charge in [0.15, 0.2) is 5.78 Å². The second-order valence-corrected chi connectivity index (χ2v) is 4.70. The van der Waals surface area contributed by atoms with Crippen LogP contribution in [0.2, 0.25) is 0 Å². The second-order valence-electron chi connectivity index (χ2n) is 4.70. The predicted molar refractivity (Wildman–Crippen MR) is 61.1 cm³/mol. The van der Waals surface area contributed by atoms with Crippen molar-refractivity contribution >= 4 is 5.78 Å². The molecular formula is C13H14F3NO. The van der Waals surface area contributed by atoms with Gasteiger partial charge in [-0.1, -0.05) is 12.1 Å². The van der Waals surface area contributed by atoms with Gasteiger partial charge in [-0.15, -0.1) is 0 Å². The summed E-state index contributed by atoms with van der Waals surface area (Å²) in [5.74, 6) is 0.214. The highest BCUT2D eigenvalue weighted by Crippen LogP contribution is 2.33. The highest BCUT2D eigenvalue weighted by atomic mass is 19.4. The normalized spacial score (nSPS) is 17.6. The monoisotopic (exact) mass is 257 g/mol. The van der Waals surface area contributed by atoms with E-state index in [1.165, 1.54) is 12.1 Å². The molecule has 1 fully saturated rings. The largest absolute Gasteiger partial charge is 0.416 e. The van der Waals surface area contributed by atoms with Crippen LogP contribution in [0.5, 0.6) is 0 Å². The molecule has 18 heavy (non-hydrogen) atoms. The lowest BCUT2D eigenvalue weighted by Crippen LogP contribution is -2.26. The summed E-state index contributed by atoms with van der Waals surface area (Å²) in [6.45, 7) is 0. The van der Waals surface area contributed by atoms with E-state index in [2.05, 4.69) is 0 Å². The zero-order valence-corrected chi connectivity index (χ0v) is 9.70. The molecule has 1 atom stereocenters. The molecule has 1 aromatic rings. The van der Waals surface area contributed by atoms with Gasteiger partial charge in [0.2, 0.25) is 0 Å². The van der Waals surface area contributed by atoms with E-state index in [-0.39, 0.29) is 18.2 Å². The highest BCUT2D eigenvalue weighted by molar-refractivity contribution is 5.96. The summed E-state index contributed by atoms with van der Waals surface area (Å²) in [5, 5.41) is 0. The maximum Gasteiger partial charge on any atom is 0.416 e. The number of hydrogen-bond donors (Lipinski definition) is 1. The lowest BCUT2D eigenvalue weighted by atomic mass is 10.0. The molecule has 1 saturated carbocycles. The zero-order chi connectivity index (χ0) is 13.3. The smallest absolute Gasteiger partial charge is 0.327 e. The third kappa shape index (κ3) is 3.10. The van der Waals surface area contributed by atoms with Gasteiger partial charge >= 0.3 is 6.18 Å². The van der Waals surface area contributed by atoms with E-state index in [9.17, 15) is 18.0 Å². The minimum Gasteiger partial charge on any atom is -0.327 e. The summed E-state index contributed by atoms with van der Waals surface area (Å²) in [5.41, 5.74) is 5.36. The standard InChI is InChI=1S/C13H14F3NO/c14-13(15,16)10-5-3-9(4-6-10)12(18)7-11(17)8-1-2-8/h3-6,8,11H,1-2,7,17H2. The quantitative estimate of drug-likeness (QED) is 0.842. The van der Waals surface area contributed by atoms with E-state index < -0.39 is 11.7 Å². The van der Waals surface area contributed by atoms with Gasteiger partial charge in [-0.2, -0.15) is 13.2 Å². The van der Waals surface area contributed by atoms with E-state index in [0.717, 1.165) is 25.0 Å². The number of Topliss-reactive ketones (excluding diaryl/α,β-unsaturated/α-hetero) is 1. The molecule has 0 heterocycles. The Balaban J connectivity index is 2.02. The Morgan fingerprint density at radius 3 is 2.28 bits per heavy atom. The topological polar surface area (TPSA) is 43.1 Å². The van der Waals surface area contributed by atoms with Crippen molar-refractivity contribution in [2.75, 3.05) is 0 Å². The zero-order valence-electron chi connectivity index (χ0n) is 9.70. The van der Waals surface area contributed by atoms with Gasteiger partial charge in [-0.25, -0.2) is 0 Å². The molecule has 0 saturated heterocycles. The molecule has 5 heteroatoms. The Labute approximate surface area is 103 Å². The minimum absolute atomic E-state index is 0.167. The van der Waals surface area contributed by atoms with Crippen molar-refractivity contribution in [1.82, 2.24) is 0 Å². The average molecular weight is 257 g/mol. The van der Waals surface area contributed by atoms with Gasteiger partial charge in [0.1, 0.15) is 0 Å². The van der Waals surface area contributed by atoms with Crippen LogP contribution in [-0.2, 0) is 6.18 Å². The molecule has 0 aromatic heterocycles. The molecule has 2 N–H and O–H groups in total. The van der Waals surface area contributed by atoms with E-state index in [0.29, 0.717) is 11.5 Å². The van der Waals surface area contributed by atoms with Crippen LogP contribution in [0.3, 0.4) is 0 Å². The van der Waals surface area contributed by atoms with Crippen LogP contribution >= 0.6 is 0 Å². The summed E-state index contributed by atoms with van der Waals surface area (Å²) in [7, 11) is 0. The van der Waals surface area contributed by atoms with Crippen LogP contribution in [0.25, 0.3) is 0 Å². The maximum absolute atomic E-state index is 12.3. The number of rotatable bonds is 4. The molecule has 0 bridgehead atoms. The number of ketones is 1. The van der Waals surface area contributed by atoms with Gasteiger partial charge in [0.25, 0.3) is 0 Å². The summed E-state index contributed by atoms with van der Waals surface area (Å²) in [6, 6.07) is 4.11. The van der Waals surface area contributed by atoms with Crippen molar-refractivity contribution in [3.8, 4) is 0 Å². The fourth-order valence-electron chi connectivity index (χ4n) is 1.87. The van der Waals surface area contributed by atoms with Crippen LogP contribution in [0, 0.1) is 5.92 Å². The molecule has 0 aliphatic heterocycles. The first-order chi connectivity index (χ1) is 8.38. The van der Waals surface area contributed by atoms with Crippen molar-refractivity contribution in [1.29, 1.82) is 0 Å². The third-order valence-corrected chi connectivity index (χ3v) is 3.18. The van der Waals surface area contributed by atoms with E-state index in [1.54, 1.807) is 0 Å². The van der Waals surface area contributed by atoms with E-state index in [4.69, 9.17) is 5.73 Å². The lowest BCUT2D eigenvalue weighted by molar-refractivity contribution is -0.137. The summed E-state index contributed by atoms with van der Waals surface area (Å²) >= 11 is 0. The number of hydrogen-bond acceptors (Lipinski definition) is 2. The van der Waals surface area contributed by atoms with Gasteiger partial charge < -0.3 is 5.73 Å². The Kier molecular flexibility index (Phi) is 3.43. The summed E-state index contributed by atoms with van der Waals surface area (Å²) in [6.07, 6.45) is -2.08. The Bertz CT molecular complexity index is 435. The number of alkyl halides is 3. The molecule has 1 unspecified atom stereocenters. The highest BCUT2D eigenvalue weighted by Gasteiger charge is 2.31. The first-order valence-electron chi connectivity index (χ1n) is 5.84. The van der Waals surface area contributed by atoms with Crippen molar-refractivity contribution in [3.05, 3.63) is 35.4 Å². The molecular weight excluding hydrogens is 243 g/mol. The van der Waals surface area contributed by atoms with Crippen LogP contribution in [-0.4, -0.2) is 11.8 Å². The van der Waals surface area contributed by atoms with Gasteiger partial charge in [0.05, 0.1) is 5.56 Å². The van der Waals surface area contributed by atoms with Gasteiger partial charge in [-0.3, -0.25) is 4.79 Å². The number of carbonyl (C=O) groups excluding carboxylic acids is 1. The molecule has 0 amide bonds. The number of nitrogens with two attached hydrogens (primary N) is 1. The SMILES string of the molecule is NC(CC(=O)c1ccc(C(F)(F)F)cc1)C1CC1. The van der Waals surface area contributed by atoms with Gasteiger partial charge in [0, 0.05) is 18.0 Å².